The monoisotopic (exact) mass is 260 g/mol. The van der Waals surface area contributed by atoms with E-state index in [0.29, 0.717) is 12.0 Å². The lowest BCUT2D eigenvalue weighted by Gasteiger charge is -2.20. The quantitative estimate of drug-likeness (QED) is 0.844. The Labute approximate surface area is 111 Å². The summed E-state index contributed by atoms with van der Waals surface area (Å²) in [7, 11) is 0. The van der Waals surface area contributed by atoms with Crippen LogP contribution in [-0.2, 0) is 4.79 Å². The van der Waals surface area contributed by atoms with E-state index in [1.165, 1.54) is 6.07 Å². The highest BCUT2D eigenvalue weighted by Crippen LogP contribution is 2.10. The number of carboxylic acids is 1. The van der Waals surface area contributed by atoms with Crippen LogP contribution in [0.25, 0.3) is 0 Å². The molecule has 0 fully saturated rings. The van der Waals surface area contributed by atoms with Gasteiger partial charge in [-0.15, -0.1) is 0 Å². The van der Waals surface area contributed by atoms with Gasteiger partial charge in [-0.3, -0.25) is 4.79 Å². The maximum absolute atomic E-state index is 12.0. The van der Waals surface area contributed by atoms with Crippen molar-refractivity contribution in [3.05, 3.63) is 35.4 Å². The number of carbonyl (C=O) groups excluding carboxylic acids is 1. The molecule has 19 heavy (non-hydrogen) atoms. The maximum Gasteiger partial charge on any atom is 0.326 e. The van der Waals surface area contributed by atoms with Crippen molar-refractivity contribution in [3.63, 3.8) is 0 Å². The molecule has 1 rings (SSSR count). The fraction of sp³-hybridized carbons (Fsp3) is 0.357. The lowest BCUT2D eigenvalue weighted by molar-refractivity contribution is -0.140. The summed E-state index contributed by atoms with van der Waals surface area (Å²) in [6.45, 7) is 3.63. The van der Waals surface area contributed by atoms with Gasteiger partial charge in [0.25, 0.3) is 5.91 Å². The highest BCUT2D eigenvalue weighted by Gasteiger charge is 2.25. The van der Waals surface area contributed by atoms with Crippen molar-refractivity contribution in [2.24, 2.45) is 5.92 Å². The standard InChI is InChI=1S/C14H16N2O3/c1-3-9(2)12(14(18)19)16-13(17)11-6-4-5-10(7-11)8-15/h4-7,9,12H,3H2,1-2H3,(H,16,17)(H,18,19)/t9?,12-/m0/s1. The average molecular weight is 260 g/mol. The third-order valence-electron chi connectivity index (χ3n) is 3.02. The summed E-state index contributed by atoms with van der Waals surface area (Å²) in [5, 5.41) is 20.4. The molecule has 2 N–H and O–H groups in total. The molecule has 0 aliphatic carbocycles. The number of rotatable bonds is 5. The highest BCUT2D eigenvalue weighted by molar-refractivity contribution is 5.96. The SMILES string of the molecule is CCC(C)[C@H](NC(=O)c1cccc(C#N)c1)C(=O)O. The molecule has 1 aromatic carbocycles. The van der Waals surface area contributed by atoms with Crippen molar-refractivity contribution in [1.82, 2.24) is 5.32 Å². The Kier molecular flexibility index (Phi) is 5.07. The van der Waals surface area contributed by atoms with E-state index >= 15 is 0 Å². The van der Waals surface area contributed by atoms with Gasteiger partial charge >= 0.3 is 5.97 Å². The molecular formula is C14H16N2O3. The molecular weight excluding hydrogens is 244 g/mol. The summed E-state index contributed by atoms with van der Waals surface area (Å²) >= 11 is 0. The first-order valence-corrected chi connectivity index (χ1v) is 6.03. The molecule has 0 heterocycles. The summed E-state index contributed by atoms with van der Waals surface area (Å²) in [6.07, 6.45) is 0.648. The first-order chi connectivity index (χ1) is 8.99. The van der Waals surface area contributed by atoms with Gasteiger partial charge in [0.2, 0.25) is 0 Å². The number of hydrogen-bond acceptors (Lipinski definition) is 3. The molecule has 0 aliphatic heterocycles. The van der Waals surface area contributed by atoms with Crippen LogP contribution in [0.15, 0.2) is 24.3 Å². The first-order valence-electron chi connectivity index (χ1n) is 6.03. The van der Waals surface area contributed by atoms with Crippen LogP contribution in [-0.4, -0.2) is 23.0 Å². The van der Waals surface area contributed by atoms with Gasteiger partial charge in [0.1, 0.15) is 6.04 Å². The highest BCUT2D eigenvalue weighted by atomic mass is 16.4. The zero-order valence-electron chi connectivity index (χ0n) is 10.9. The van der Waals surface area contributed by atoms with Gasteiger partial charge in [-0.25, -0.2) is 4.79 Å². The van der Waals surface area contributed by atoms with Gasteiger partial charge in [-0.1, -0.05) is 26.3 Å². The van der Waals surface area contributed by atoms with Crippen molar-refractivity contribution in [3.8, 4) is 6.07 Å². The van der Waals surface area contributed by atoms with Crippen molar-refractivity contribution in [1.29, 1.82) is 5.26 Å². The van der Waals surface area contributed by atoms with Gasteiger partial charge in [-0.05, 0) is 24.1 Å². The van der Waals surface area contributed by atoms with Crippen LogP contribution in [0.2, 0.25) is 0 Å². The second kappa shape index (κ2) is 6.55. The lowest BCUT2D eigenvalue weighted by atomic mass is 9.99. The molecule has 5 heteroatoms. The minimum atomic E-state index is -1.06. The summed E-state index contributed by atoms with van der Waals surface area (Å²) in [5.74, 6) is -1.70. The summed E-state index contributed by atoms with van der Waals surface area (Å²) in [6, 6.07) is 7.16. The maximum atomic E-state index is 12.0. The number of aliphatic carboxylic acids is 1. The Bertz CT molecular complexity index is 520. The smallest absolute Gasteiger partial charge is 0.326 e. The lowest BCUT2D eigenvalue weighted by Crippen LogP contribution is -2.45. The predicted octanol–water partition coefficient (Wildman–Crippen LogP) is 1.79. The van der Waals surface area contributed by atoms with Crippen LogP contribution in [0.1, 0.15) is 36.2 Å². The third-order valence-corrected chi connectivity index (χ3v) is 3.02. The molecule has 0 saturated carbocycles. The van der Waals surface area contributed by atoms with Gasteiger partial charge in [0.15, 0.2) is 0 Å². The Morgan fingerprint density at radius 3 is 2.68 bits per heavy atom. The number of nitriles is 1. The number of carboxylic acid groups (broad SMARTS) is 1. The Morgan fingerprint density at radius 2 is 2.16 bits per heavy atom. The summed E-state index contributed by atoms with van der Waals surface area (Å²) in [5.41, 5.74) is 0.650. The van der Waals surface area contributed by atoms with E-state index in [9.17, 15) is 9.59 Å². The van der Waals surface area contributed by atoms with Crippen molar-refractivity contribution in [2.75, 3.05) is 0 Å². The largest absolute Gasteiger partial charge is 0.480 e. The van der Waals surface area contributed by atoms with E-state index in [2.05, 4.69) is 5.32 Å². The topological polar surface area (TPSA) is 90.2 Å². The van der Waals surface area contributed by atoms with E-state index in [4.69, 9.17) is 10.4 Å². The third kappa shape index (κ3) is 3.81. The van der Waals surface area contributed by atoms with Crippen LogP contribution >= 0.6 is 0 Å². The molecule has 0 bridgehead atoms. The fourth-order valence-electron chi connectivity index (χ4n) is 1.64. The molecule has 1 unspecified atom stereocenters. The zero-order valence-corrected chi connectivity index (χ0v) is 10.9. The molecule has 1 amide bonds. The van der Waals surface area contributed by atoms with Gasteiger partial charge in [0.05, 0.1) is 11.6 Å². The number of carbonyl (C=O) groups is 2. The summed E-state index contributed by atoms with van der Waals surface area (Å²) in [4.78, 5) is 23.1. The van der Waals surface area contributed by atoms with Gasteiger partial charge in [0, 0.05) is 5.56 Å². The van der Waals surface area contributed by atoms with E-state index in [0.717, 1.165) is 0 Å². The predicted molar refractivity (Wildman–Crippen MR) is 69.5 cm³/mol. The normalized spacial score (nSPS) is 13.1. The minimum Gasteiger partial charge on any atom is -0.480 e. The number of nitrogens with one attached hydrogen (secondary N) is 1. The first kappa shape index (κ1) is 14.7. The molecule has 100 valence electrons. The molecule has 2 atom stereocenters. The average Bonchev–Trinajstić information content (AvgIpc) is 2.43. The van der Waals surface area contributed by atoms with Gasteiger partial charge < -0.3 is 10.4 Å². The van der Waals surface area contributed by atoms with Crippen LogP contribution < -0.4 is 5.32 Å². The van der Waals surface area contributed by atoms with Crippen LogP contribution in [0.3, 0.4) is 0 Å². The molecule has 0 aliphatic rings. The zero-order chi connectivity index (χ0) is 14.4. The fourth-order valence-corrected chi connectivity index (χ4v) is 1.64. The molecule has 1 aromatic rings. The summed E-state index contributed by atoms with van der Waals surface area (Å²) < 4.78 is 0. The minimum absolute atomic E-state index is 0.166. The number of nitrogens with zero attached hydrogens (tertiary/aromatic N) is 1. The Morgan fingerprint density at radius 1 is 1.47 bits per heavy atom. The van der Waals surface area contributed by atoms with E-state index in [1.54, 1.807) is 25.1 Å². The van der Waals surface area contributed by atoms with E-state index in [-0.39, 0.29) is 11.5 Å². The Balaban J connectivity index is 2.88. The van der Waals surface area contributed by atoms with E-state index in [1.807, 2.05) is 13.0 Å². The number of benzene rings is 1. The van der Waals surface area contributed by atoms with Gasteiger partial charge in [-0.2, -0.15) is 5.26 Å². The van der Waals surface area contributed by atoms with Crippen LogP contribution in [0.4, 0.5) is 0 Å². The van der Waals surface area contributed by atoms with E-state index < -0.39 is 17.9 Å². The Hall–Kier alpha value is -2.35. The second-order valence-corrected chi connectivity index (χ2v) is 4.37. The van der Waals surface area contributed by atoms with Crippen molar-refractivity contribution in [2.45, 2.75) is 26.3 Å². The molecule has 0 saturated heterocycles. The number of amides is 1. The van der Waals surface area contributed by atoms with Crippen LogP contribution in [0, 0.1) is 17.2 Å². The van der Waals surface area contributed by atoms with Crippen molar-refractivity contribution < 1.29 is 14.7 Å². The van der Waals surface area contributed by atoms with Crippen LogP contribution in [0.5, 0.6) is 0 Å². The molecule has 0 spiro atoms. The number of hydrogen-bond donors (Lipinski definition) is 2. The van der Waals surface area contributed by atoms with Crippen molar-refractivity contribution >= 4 is 11.9 Å². The molecule has 0 radical (unpaired) electrons. The molecule has 5 nitrogen and oxygen atoms in total. The second-order valence-electron chi connectivity index (χ2n) is 4.37. The molecule has 0 aromatic heterocycles.